The lowest BCUT2D eigenvalue weighted by molar-refractivity contribution is -0.145. The van der Waals surface area contributed by atoms with Crippen LogP contribution in [-0.2, 0) is 4.79 Å². The summed E-state index contributed by atoms with van der Waals surface area (Å²) in [4.78, 5) is 25.7. The van der Waals surface area contributed by atoms with Crippen LogP contribution in [0.2, 0.25) is 0 Å². The highest BCUT2D eigenvalue weighted by molar-refractivity contribution is 7.99. The van der Waals surface area contributed by atoms with Crippen LogP contribution in [0.25, 0.3) is 0 Å². The smallest absolute Gasteiger partial charge is 0.329 e. The minimum Gasteiger partial charge on any atom is -0.480 e. The molecule has 20 heavy (non-hydrogen) atoms. The van der Waals surface area contributed by atoms with Crippen LogP contribution in [0.5, 0.6) is 0 Å². The standard InChI is InChI=1S/C14H24N2O3S/c1-16(11-6-9-20-10-11)13(19)15-14(12(17)18)7-4-2-3-5-8-14/h11H,2-10H2,1H3,(H,15,19)(H,17,18). The number of nitrogens with one attached hydrogen (secondary N) is 1. The van der Waals surface area contributed by atoms with Crippen LogP contribution in [0.3, 0.4) is 0 Å². The maximum atomic E-state index is 12.4. The zero-order valence-corrected chi connectivity index (χ0v) is 12.9. The molecule has 1 heterocycles. The molecule has 0 aromatic heterocycles. The summed E-state index contributed by atoms with van der Waals surface area (Å²) in [5.74, 6) is 1.14. The van der Waals surface area contributed by atoms with E-state index >= 15 is 0 Å². The van der Waals surface area contributed by atoms with Crippen LogP contribution >= 0.6 is 11.8 Å². The molecule has 0 aromatic carbocycles. The van der Waals surface area contributed by atoms with Crippen LogP contribution in [0.1, 0.15) is 44.9 Å². The van der Waals surface area contributed by atoms with Gasteiger partial charge in [-0.05, 0) is 25.0 Å². The minimum atomic E-state index is -1.06. The van der Waals surface area contributed by atoms with Gasteiger partial charge in [-0.3, -0.25) is 0 Å². The molecule has 2 aliphatic rings. The normalized spacial score (nSPS) is 25.8. The van der Waals surface area contributed by atoms with E-state index in [1.807, 2.05) is 11.8 Å². The molecular formula is C14H24N2O3S. The first-order chi connectivity index (χ1) is 9.55. The monoisotopic (exact) mass is 300 g/mol. The summed E-state index contributed by atoms with van der Waals surface area (Å²) in [6.07, 6.45) is 5.93. The molecule has 0 aromatic rings. The summed E-state index contributed by atoms with van der Waals surface area (Å²) in [5, 5.41) is 12.4. The van der Waals surface area contributed by atoms with Crippen molar-refractivity contribution in [3.63, 3.8) is 0 Å². The molecule has 1 saturated heterocycles. The largest absolute Gasteiger partial charge is 0.480 e. The number of thioether (sulfide) groups is 1. The number of hydrogen-bond donors (Lipinski definition) is 2. The first-order valence-corrected chi connectivity index (χ1v) is 8.57. The Hall–Kier alpha value is -0.910. The van der Waals surface area contributed by atoms with E-state index < -0.39 is 11.5 Å². The second-order valence-corrected chi connectivity index (χ2v) is 7.01. The van der Waals surface area contributed by atoms with E-state index in [-0.39, 0.29) is 12.1 Å². The predicted octanol–water partition coefficient (Wildman–Crippen LogP) is 2.31. The SMILES string of the molecule is CN(C(=O)NC1(C(=O)O)CCCCCC1)C1CCSC1. The van der Waals surface area contributed by atoms with Gasteiger partial charge in [0.15, 0.2) is 0 Å². The Kier molecular flexibility index (Phi) is 5.18. The van der Waals surface area contributed by atoms with Crippen molar-refractivity contribution in [3.05, 3.63) is 0 Å². The van der Waals surface area contributed by atoms with Gasteiger partial charge in [0.05, 0.1) is 0 Å². The van der Waals surface area contributed by atoms with Crippen LogP contribution in [0.15, 0.2) is 0 Å². The summed E-state index contributed by atoms with van der Waals surface area (Å²) >= 11 is 1.84. The Balaban J connectivity index is 2.03. The third-order valence-electron chi connectivity index (χ3n) is 4.49. The zero-order chi connectivity index (χ0) is 14.6. The third-order valence-corrected chi connectivity index (χ3v) is 5.63. The Bertz CT molecular complexity index is 361. The molecule has 6 heteroatoms. The van der Waals surface area contributed by atoms with Gasteiger partial charge in [0, 0.05) is 18.8 Å². The van der Waals surface area contributed by atoms with Crippen LogP contribution in [-0.4, -0.2) is 52.1 Å². The van der Waals surface area contributed by atoms with Gasteiger partial charge in [-0.25, -0.2) is 9.59 Å². The lowest BCUT2D eigenvalue weighted by Crippen LogP contribution is -2.58. The summed E-state index contributed by atoms with van der Waals surface area (Å²) < 4.78 is 0. The Morgan fingerprint density at radius 2 is 1.90 bits per heavy atom. The molecule has 1 atom stereocenters. The van der Waals surface area contributed by atoms with Crippen LogP contribution < -0.4 is 5.32 Å². The third kappa shape index (κ3) is 3.40. The molecule has 114 valence electrons. The molecule has 2 fully saturated rings. The maximum absolute atomic E-state index is 12.4. The molecule has 2 rings (SSSR count). The highest BCUT2D eigenvalue weighted by atomic mass is 32.2. The van der Waals surface area contributed by atoms with Gasteiger partial charge in [0.1, 0.15) is 5.54 Å². The molecule has 0 bridgehead atoms. The molecule has 1 unspecified atom stereocenters. The van der Waals surface area contributed by atoms with E-state index in [1.165, 1.54) is 0 Å². The van der Waals surface area contributed by atoms with Crippen molar-refractivity contribution in [2.75, 3.05) is 18.6 Å². The van der Waals surface area contributed by atoms with E-state index in [9.17, 15) is 14.7 Å². The average Bonchev–Trinajstić information content (AvgIpc) is 2.85. The van der Waals surface area contributed by atoms with Gasteiger partial charge < -0.3 is 15.3 Å². The van der Waals surface area contributed by atoms with E-state index in [0.717, 1.165) is 43.6 Å². The fraction of sp³-hybridized carbons (Fsp3) is 0.857. The Morgan fingerprint density at radius 1 is 1.25 bits per heavy atom. The van der Waals surface area contributed by atoms with Crippen molar-refractivity contribution < 1.29 is 14.7 Å². The number of carbonyl (C=O) groups excluding carboxylic acids is 1. The first-order valence-electron chi connectivity index (χ1n) is 7.41. The van der Waals surface area contributed by atoms with Gasteiger partial charge in [0.2, 0.25) is 0 Å². The summed E-state index contributed by atoms with van der Waals surface area (Å²) in [6, 6.07) is -0.00146. The maximum Gasteiger partial charge on any atom is 0.329 e. The highest BCUT2D eigenvalue weighted by Crippen LogP contribution is 2.28. The number of aliphatic carboxylic acids is 1. The van der Waals surface area contributed by atoms with Crippen molar-refractivity contribution in [2.24, 2.45) is 0 Å². The summed E-state index contributed by atoms with van der Waals surface area (Å²) in [7, 11) is 1.78. The number of carboxylic acids is 1. The number of carbonyl (C=O) groups is 2. The molecule has 2 N–H and O–H groups in total. The fourth-order valence-corrected chi connectivity index (χ4v) is 4.28. The van der Waals surface area contributed by atoms with E-state index in [4.69, 9.17) is 0 Å². The van der Waals surface area contributed by atoms with Crippen molar-refractivity contribution in [2.45, 2.75) is 56.5 Å². The van der Waals surface area contributed by atoms with Gasteiger partial charge in [-0.2, -0.15) is 11.8 Å². The first kappa shape index (κ1) is 15.5. The van der Waals surface area contributed by atoms with Crippen molar-refractivity contribution in [1.29, 1.82) is 0 Å². The highest BCUT2D eigenvalue weighted by Gasteiger charge is 2.41. The molecule has 1 aliphatic heterocycles. The van der Waals surface area contributed by atoms with Gasteiger partial charge in [-0.15, -0.1) is 0 Å². The number of amides is 2. The molecular weight excluding hydrogens is 276 g/mol. The number of carboxylic acid groups (broad SMARTS) is 1. The van der Waals surface area contributed by atoms with Crippen molar-refractivity contribution in [3.8, 4) is 0 Å². The van der Waals surface area contributed by atoms with Crippen molar-refractivity contribution in [1.82, 2.24) is 10.2 Å². The quantitative estimate of drug-likeness (QED) is 0.785. The van der Waals surface area contributed by atoms with E-state index in [2.05, 4.69) is 5.32 Å². The minimum absolute atomic E-state index is 0.233. The molecule has 2 amide bonds. The van der Waals surface area contributed by atoms with E-state index in [1.54, 1.807) is 11.9 Å². The number of rotatable bonds is 3. The lowest BCUT2D eigenvalue weighted by Gasteiger charge is -2.33. The van der Waals surface area contributed by atoms with Crippen LogP contribution in [0.4, 0.5) is 4.79 Å². The second kappa shape index (κ2) is 6.70. The molecule has 5 nitrogen and oxygen atoms in total. The van der Waals surface area contributed by atoms with E-state index in [0.29, 0.717) is 12.8 Å². The van der Waals surface area contributed by atoms with Gasteiger partial charge >= 0.3 is 12.0 Å². The molecule has 1 saturated carbocycles. The van der Waals surface area contributed by atoms with Gasteiger partial charge in [-0.1, -0.05) is 25.7 Å². The predicted molar refractivity (Wildman–Crippen MR) is 80.1 cm³/mol. The summed E-state index contributed by atoms with van der Waals surface area (Å²) in [6.45, 7) is 0. The fourth-order valence-electron chi connectivity index (χ4n) is 3.01. The summed E-state index contributed by atoms with van der Waals surface area (Å²) in [5.41, 5.74) is -1.06. The average molecular weight is 300 g/mol. The topological polar surface area (TPSA) is 69.6 Å². The number of urea groups is 1. The molecule has 0 radical (unpaired) electrons. The Morgan fingerprint density at radius 3 is 2.40 bits per heavy atom. The molecule has 1 aliphatic carbocycles. The second-order valence-electron chi connectivity index (χ2n) is 5.86. The zero-order valence-electron chi connectivity index (χ0n) is 12.1. The number of hydrogen-bond acceptors (Lipinski definition) is 3. The van der Waals surface area contributed by atoms with Crippen LogP contribution in [0, 0.1) is 0 Å². The number of nitrogens with zero attached hydrogens (tertiary/aromatic N) is 1. The molecule has 0 spiro atoms. The Labute approximate surface area is 124 Å². The van der Waals surface area contributed by atoms with Gasteiger partial charge in [0.25, 0.3) is 0 Å². The van der Waals surface area contributed by atoms with Crippen molar-refractivity contribution >= 4 is 23.8 Å². The lowest BCUT2D eigenvalue weighted by atomic mass is 9.90.